The number of morpholine rings is 1. The molecule has 3 N–H and O–H groups in total. The number of likely N-dealkylation sites (N-methyl/N-ethyl adjacent to an activating group) is 1. The Kier molecular flexibility index (Phi) is 5.25. The number of nitrogens with one attached hydrogen (secondary N) is 3. The molecule has 4 heterocycles. The molecule has 3 aliphatic rings. The first-order valence-corrected chi connectivity index (χ1v) is 11.7. The highest BCUT2D eigenvalue weighted by molar-refractivity contribution is 6.14. The Labute approximate surface area is 201 Å². The third-order valence-corrected chi connectivity index (χ3v) is 6.33. The number of carbonyl (C=O) groups is 2. The van der Waals surface area contributed by atoms with Crippen molar-refractivity contribution in [1.82, 2.24) is 24.8 Å². The number of rotatable bonds is 6. The first-order valence-electron chi connectivity index (χ1n) is 11.7. The van der Waals surface area contributed by atoms with E-state index in [0.29, 0.717) is 23.1 Å². The summed E-state index contributed by atoms with van der Waals surface area (Å²) in [4.78, 5) is 32.3. The van der Waals surface area contributed by atoms with E-state index in [1.165, 1.54) is 7.05 Å². The van der Waals surface area contributed by atoms with Gasteiger partial charge < -0.3 is 25.6 Å². The minimum atomic E-state index is -0.454. The van der Waals surface area contributed by atoms with Crippen molar-refractivity contribution < 1.29 is 14.3 Å². The third kappa shape index (κ3) is 4.26. The molecule has 180 valence electrons. The lowest BCUT2D eigenvalue weighted by Gasteiger charge is -2.28. The zero-order chi connectivity index (χ0) is 23.9. The van der Waals surface area contributed by atoms with Crippen LogP contribution in [0.25, 0.3) is 11.7 Å². The molecule has 1 aliphatic carbocycles. The molecule has 3 fully saturated rings. The topological polar surface area (TPSA) is 116 Å². The quantitative estimate of drug-likeness (QED) is 0.369. The molecule has 0 radical (unpaired) electrons. The van der Waals surface area contributed by atoms with E-state index >= 15 is 0 Å². The van der Waals surface area contributed by atoms with Crippen molar-refractivity contribution in [2.45, 2.75) is 18.9 Å². The van der Waals surface area contributed by atoms with Gasteiger partial charge in [-0.05, 0) is 43.2 Å². The van der Waals surface area contributed by atoms with Crippen molar-refractivity contribution >= 4 is 46.7 Å². The fraction of sp³-hybridized carbons (Fsp3) is 0.333. The molecule has 11 nitrogen and oxygen atoms in total. The van der Waals surface area contributed by atoms with Crippen LogP contribution in [0.15, 0.2) is 42.2 Å². The molecule has 0 spiro atoms. The number of ether oxygens (including phenoxy) is 1. The van der Waals surface area contributed by atoms with Crippen LogP contribution in [0.5, 0.6) is 0 Å². The van der Waals surface area contributed by atoms with Gasteiger partial charge in [0.05, 0.1) is 19.4 Å². The fourth-order valence-electron chi connectivity index (χ4n) is 4.19. The van der Waals surface area contributed by atoms with Crippen LogP contribution in [0.2, 0.25) is 0 Å². The van der Waals surface area contributed by atoms with Crippen LogP contribution in [-0.2, 0) is 9.53 Å². The summed E-state index contributed by atoms with van der Waals surface area (Å²) in [6, 6.07) is 10.1. The van der Waals surface area contributed by atoms with E-state index in [-0.39, 0.29) is 11.6 Å². The maximum atomic E-state index is 12.3. The summed E-state index contributed by atoms with van der Waals surface area (Å²) in [5.41, 5.74) is 3.48. The molecule has 1 saturated carbocycles. The van der Waals surface area contributed by atoms with E-state index in [4.69, 9.17) is 9.72 Å². The molecule has 0 bridgehead atoms. The Morgan fingerprint density at radius 2 is 1.91 bits per heavy atom. The van der Waals surface area contributed by atoms with Crippen LogP contribution in [0.1, 0.15) is 18.4 Å². The number of anilines is 4. The molecule has 3 amide bonds. The molecule has 0 atom stereocenters. The Hall–Kier alpha value is -4.12. The minimum Gasteiger partial charge on any atom is -0.378 e. The van der Waals surface area contributed by atoms with Gasteiger partial charge in [0.1, 0.15) is 17.3 Å². The molecular formula is C24H26N8O3. The lowest BCUT2D eigenvalue weighted by molar-refractivity contribution is -0.121. The van der Waals surface area contributed by atoms with Crippen molar-refractivity contribution in [1.29, 1.82) is 0 Å². The second-order valence-electron chi connectivity index (χ2n) is 8.90. The van der Waals surface area contributed by atoms with E-state index in [2.05, 4.69) is 38.1 Å². The van der Waals surface area contributed by atoms with E-state index in [1.54, 1.807) is 16.8 Å². The third-order valence-electron chi connectivity index (χ3n) is 6.33. The fourth-order valence-corrected chi connectivity index (χ4v) is 4.19. The first-order chi connectivity index (χ1) is 17.0. The van der Waals surface area contributed by atoms with Gasteiger partial charge in [-0.1, -0.05) is 0 Å². The molecule has 3 aromatic rings. The summed E-state index contributed by atoms with van der Waals surface area (Å²) in [5, 5.41) is 14.0. The predicted octanol–water partition coefficient (Wildman–Crippen LogP) is 2.41. The molecule has 35 heavy (non-hydrogen) atoms. The normalized spacial score (nSPS) is 19.5. The minimum absolute atomic E-state index is 0.197. The van der Waals surface area contributed by atoms with Gasteiger partial charge in [0.15, 0.2) is 5.65 Å². The summed E-state index contributed by atoms with van der Waals surface area (Å²) < 4.78 is 7.17. The van der Waals surface area contributed by atoms with Gasteiger partial charge in [0.2, 0.25) is 0 Å². The van der Waals surface area contributed by atoms with E-state index in [0.717, 1.165) is 61.2 Å². The number of imide groups is 1. The van der Waals surface area contributed by atoms with Crippen LogP contribution >= 0.6 is 0 Å². The first kappa shape index (κ1) is 21.4. The second kappa shape index (κ2) is 8.58. The van der Waals surface area contributed by atoms with Crippen LogP contribution in [0, 0.1) is 0 Å². The number of urea groups is 1. The number of hydrogen-bond donors (Lipinski definition) is 3. The molecular weight excluding hydrogens is 448 g/mol. The highest BCUT2D eigenvalue weighted by atomic mass is 16.5. The van der Waals surface area contributed by atoms with Crippen molar-refractivity contribution in [3.63, 3.8) is 0 Å². The molecule has 1 aromatic carbocycles. The Balaban J connectivity index is 1.31. The maximum Gasteiger partial charge on any atom is 0.328 e. The van der Waals surface area contributed by atoms with E-state index in [9.17, 15) is 9.59 Å². The number of fused-ring (bicyclic) bond motifs is 1. The SMILES string of the molecule is CN1C(=O)N/C(=C/c2cnn3c(NC4CC4)cc(Nc4ccc(N5CCOCC5)cc4)nc23)C1=O. The number of carbonyl (C=O) groups excluding carboxylic acids is 2. The largest absolute Gasteiger partial charge is 0.378 e. The monoisotopic (exact) mass is 474 g/mol. The highest BCUT2D eigenvalue weighted by Gasteiger charge is 2.30. The van der Waals surface area contributed by atoms with Crippen molar-refractivity contribution in [2.24, 2.45) is 0 Å². The number of aromatic nitrogens is 3. The van der Waals surface area contributed by atoms with Crippen LogP contribution < -0.4 is 20.9 Å². The van der Waals surface area contributed by atoms with Crippen LogP contribution in [0.4, 0.5) is 27.8 Å². The van der Waals surface area contributed by atoms with Gasteiger partial charge in [-0.15, -0.1) is 0 Å². The lowest BCUT2D eigenvalue weighted by Crippen LogP contribution is -2.36. The Bertz CT molecular complexity index is 1320. The van der Waals surface area contributed by atoms with Gasteiger partial charge in [0.25, 0.3) is 5.91 Å². The summed E-state index contributed by atoms with van der Waals surface area (Å²) in [6.07, 6.45) is 5.48. The molecule has 2 aromatic heterocycles. The Morgan fingerprint density at radius 3 is 2.60 bits per heavy atom. The van der Waals surface area contributed by atoms with Gasteiger partial charge in [-0.3, -0.25) is 9.69 Å². The zero-order valence-electron chi connectivity index (χ0n) is 19.3. The van der Waals surface area contributed by atoms with E-state index < -0.39 is 6.03 Å². The molecule has 6 rings (SSSR count). The van der Waals surface area contributed by atoms with Crippen LogP contribution in [0.3, 0.4) is 0 Å². The van der Waals surface area contributed by atoms with Gasteiger partial charge >= 0.3 is 6.03 Å². The highest BCUT2D eigenvalue weighted by Crippen LogP contribution is 2.29. The van der Waals surface area contributed by atoms with Gasteiger partial charge in [-0.2, -0.15) is 9.61 Å². The van der Waals surface area contributed by atoms with Crippen molar-refractivity contribution in [2.75, 3.05) is 48.9 Å². The number of hydrogen-bond acceptors (Lipinski definition) is 8. The zero-order valence-corrected chi connectivity index (χ0v) is 19.3. The summed E-state index contributed by atoms with van der Waals surface area (Å²) in [7, 11) is 1.44. The van der Waals surface area contributed by atoms with Gasteiger partial charge in [-0.25, -0.2) is 9.78 Å². The number of benzene rings is 1. The second-order valence-corrected chi connectivity index (χ2v) is 8.90. The molecule has 2 saturated heterocycles. The Morgan fingerprint density at radius 1 is 1.14 bits per heavy atom. The summed E-state index contributed by atoms with van der Waals surface area (Å²) in [5.74, 6) is 1.08. The maximum absolute atomic E-state index is 12.3. The van der Waals surface area contributed by atoms with E-state index in [1.807, 2.05) is 18.2 Å². The molecule has 2 aliphatic heterocycles. The molecule has 11 heteroatoms. The standard InChI is InChI=1S/C24H26N8O3/c1-30-23(33)19(28-24(30)34)12-15-14-25-32-21(27-17-2-3-17)13-20(29-22(15)32)26-16-4-6-18(7-5-16)31-8-10-35-11-9-31/h4-7,12-14,17,27H,2-3,8-11H2,1H3,(H,26,29)(H,28,34)/b19-12+. The summed E-state index contributed by atoms with van der Waals surface area (Å²) >= 11 is 0. The van der Waals surface area contributed by atoms with Crippen molar-refractivity contribution in [3.8, 4) is 0 Å². The van der Waals surface area contributed by atoms with Crippen LogP contribution in [-0.4, -0.2) is 70.8 Å². The van der Waals surface area contributed by atoms with Gasteiger partial charge in [0, 0.05) is 49.2 Å². The molecule has 0 unspecified atom stereocenters. The number of nitrogens with zero attached hydrogens (tertiary/aromatic N) is 5. The average Bonchev–Trinajstić information content (AvgIpc) is 3.56. The van der Waals surface area contributed by atoms with Crippen molar-refractivity contribution in [3.05, 3.63) is 47.8 Å². The smallest absolute Gasteiger partial charge is 0.328 e. The lowest BCUT2D eigenvalue weighted by atomic mass is 10.2. The average molecular weight is 475 g/mol. The number of amides is 3. The predicted molar refractivity (Wildman–Crippen MR) is 132 cm³/mol. The summed E-state index contributed by atoms with van der Waals surface area (Å²) in [6.45, 7) is 3.27.